The van der Waals surface area contributed by atoms with Crippen molar-refractivity contribution < 1.29 is 4.74 Å². The Morgan fingerprint density at radius 2 is 1.82 bits per heavy atom. The predicted octanol–water partition coefficient (Wildman–Crippen LogP) is 5.38. The van der Waals surface area contributed by atoms with Crippen molar-refractivity contribution in [1.82, 2.24) is 4.98 Å². The molecule has 1 fully saturated rings. The topological polar surface area (TPSA) is 37.7 Å². The number of likely N-dealkylation sites (N-methyl/N-ethyl adjacent to an activating group) is 1. The van der Waals surface area contributed by atoms with Gasteiger partial charge in [-0.1, -0.05) is 43.5 Å². The van der Waals surface area contributed by atoms with Gasteiger partial charge in [-0.2, -0.15) is 0 Å². The summed E-state index contributed by atoms with van der Waals surface area (Å²) in [4.78, 5) is 11.9. The van der Waals surface area contributed by atoms with Crippen LogP contribution < -0.4 is 9.64 Å². The summed E-state index contributed by atoms with van der Waals surface area (Å²) >= 11 is 0. The third-order valence-electron chi connectivity index (χ3n) is 7.02. The number of anilines is 1. The van der Waals surface area contributed by atoms with Gasteiger partial charge in [-0.05, 0) is 42.7 Å². The van der Waals surface area contributed by atoms with Crippen LogP contribution in [-0.4, -0.2) is 24.0 Å². The van der Waals surface area contributed by atoms with Gasteiger partial charge in [0.05, 0.1) is 17.1 Å². The number of benzene rings is 2. The fourth-order valence-electron chi connectivity index (χ4n) is 5.69. The zero-order valence-electron chi connectivity index (χ0n) is 16.1. The number of hydrogen-bond acceptors (Lipinski definition) is 4. The Bertz CT molecular complexity index is 1120. The number of para-hydroxylation sites is 1. The predicted molar refractivity (Wildman–Crippen MR) is 113 cm³/mol. The number of ether oxygens (including phenoxy) is 1. The Balaban J connectivity index is 1.58. The molecule has 28 heavy (non-hydrogen) atoms. The summed E-state index contributed by atoms with van der Waals surface area (Å²) in [5, 5.41) is 1.09. The van der Waals surface area contributed by atoms with Crippen LogP contribution in [0.5, 0.6) is 5.75 Å². The zero-order chi connectivity index (χ0) is 18.8. The van der Waals surface area contributed by atoms with Gasteiger partial charge in [0.2, 0.25) is 5.72 Å². The summed E-state index contributed by atoms with van der Waals surface area (Å²) < 4.78 is 6.91. The van der Waals surface area contributed by atoms with E-state index in [2.05, 4.69) is 65.6 Å². The second-order valence-corrected chi connectivity index (χ2v) is 8.26. The molecule has 1 atom stereocenters. The van der Waals surface area contributed by atoms with Crippen LogP contribution in [0.15, 0.2) is 59.7 Å². The van der Waals surface area contributed by atoms with Gasteiger partial charge in [0.1, 0.15) is 5.69 Å². The standard InChI is InChI=1S/C24H23N3O/c1-27-19-10-4-3-9-18(19)23(13-5-2-6-14-23)24(27)16-26-22-20(28-24)12-11-17-8-7-15-25-21(17)22/h3-4,7-12,15-16H,2,5-6,13-14H2,1H3. The average molecular weight is 369 g/mol. The van der Waals surface area contributed by atoms with Crippen molar-refractivity contribution in [2.24, 2.45) is 4.99 Å². The quantitative estimate of drug-likeness (QED) is 0.534. The third-order valence-corrected chi connectivity index (χ3v) is 7.02. The molecule has 1 aromatic heterocycles. The zero-order valence-corrected chi connectivity index (χ0v) is 16.1. The lowest BCUT2D eigenvalue weighted by Crippen LogP contribution is -2.63. The minimum atomic E-state index is -0.577. The maximum atomic E-state index is 6.91. The molecule has 3 aromatic rings. The first-order chi connectivity index (χ1) is 13.8. The summed E-state index contributed by atoms with van der Waals surface area (Å²) in [6.45, 7) is 0. The fraction of sp³-hybridized carbons (Fsp3) is 0.333. The highest BCUT2D eigenvalue weighted by molar-refractivity contribution is 5.97. The minimum Gasteiger partial charge on any atom is -0.459 e. The largest absolute Gasteiger partial charge is 0.459 e. The lowest BCUT2D eigenvalue weighted by molar-refractivity contribution is 0.0400. The van der Waals surface area contributed by atoms with Crippen molar-refractivity contribution in [3.05, 3.63) is 60.3 Å². The van der Waals surface area contributed by atoms with Gasteiger partial charge in [0.25, 0.3) is 0 Å². The van der Waals surface area contributed by atoms with E-state index in [9.17, 15) is 0 Å². The summed E-state index contributed by atoms with van der Waals surface area (Å²) in [5.74, 6) is 0.832. The van der Waals surface area contributed by atoms with Crippen LogP contribution in [0.3, 0.4) is 0 Å². The molecule has 0 bridgehead atoms. The molecule has 0 N–H and O–H groups in total. The Morgan fingerprint density at radius 3 is 2.71 bits per heavy atom. The maximum absolute atomic E-state index is 6.91. The molecule has 0 amide bonds. The monoisotopic (exact) mass is 369 g/mol. The van der Waals surface area contributed by atoms with Crippen LogP contribution in [0, 0.1) is 0 Å². The van der Waals surface area contributed by atoms with E-state index < -0.39 is 5.72 Å². The van der Waals surface area contributed by atoms with Crippen LogP contribution >= 0.6 is 0 Å². The van der Waals surface area contributed by atoms with E-state index in [4.69, 9.17) is 9.73 Å². The molecule has 1 saturated carbocycles. The number of aliphatic imine (C=N–C) groups is 1. The molecule has 3 aliphatic rings. The van der Waals surface area contributed by atoms with Crippen molar-refractivity contribution in [3.63, 3.8) is 0 Å². The Hall–Kier alpha value is -2.88. The van der Waals surface area contributed by atoms with Crippen molar-refractivity contribution in [1.29, 1.82) is 0 Å². The van der Waals surface area contributed by atoms with E-state index in [0.717, 1.165) is 35.2 Å². The highest BCUT2D eigenvalue weighted by atomic mass is 16.5. The number of hydrogen-bond donors (Lipinski definition) is 0. The summed E-state index contributed by atoms with van der Waals surface area (Å²) in [6.07, 6.45) is 9.90. The normalized spacial score (nSPS) is 24.4. The SMILES string of the molecule is CN1c2ccccc2C2(CCCCC2)C12C=Nc1c(ccc3cccnc13)O2. The van der Waals surface area contributed by atoms with E-state index in [1.165, 1.54) is 30.5 Å². The smallest absolute Gasteiger partial charge is 0.229 e. The first kappa shape index (κ1) is 16.1. The van der Waals surface area contributed by atoms with Crippen LogP contribution in [0.1, 0.15) is 37.7 Å². The van der Waals surface area contributed by atoms with Gasteiger partial charge < -0.3 is 9.64 Å². The number of fused-ring (bicyclic) bond motifs is 6. The molecular formula is C24H23N3O. The van der Waals surface area contributed by atoms with Crippen LogP contribution in [0.4, 0.5) is 11.4 Å². The van der Waals surface area contributed by atoms with Crippen molar-refractivity contribution in [2.45, 2.75) is 43.2 Å². The molecule has 140 valence electrons. The van der Waals surface area contributed by atoms with Gasteiger partial charge in [-0.15, -0.1) is 0 Å². The minimum absolute atomic E-state index is 0.0587. The molecule has 2 spiro atoms. The number of nitrogens with zero attached hydrogens (tertiary/aromatic N) is 3. The summed E-state index contributed by atoms with van der Waals surface area (Å²) in [5.41, 5.74) is 3.79. The van der Waals surface area contributed by atoms with Gasteiger partial charge >= 0.3 is 0 Å². The lowest BCUT2D eigenvalue weighted by Gasteiger charge is -2.49. The number of rotatable bonds is 0. The van der Waals surface area contributed by atoms with Crippen LogP contribution in [-0.2, 0) is 5.41 Å². The van der Waals surface area contributed by atoms with Gasteiger partial charge in [-0.3, -0.25) is 4.98 Å². The number of aromatic nitrogens is 1. The molecule has 3 heterocycles. The fourth-order valence-corrected chi connectivity index (χ4v) is 5.69. The molecule has 4 heteroatoms. The molecule has 1 aliphatic carbocycles. The summed E-state index contributed by atoms with van der Waals surface area (Å²) in [6, 6.07) is 17.0. The van der Waals surface area contributed by atoms with Crippen molar-refractivity contribution in [3.8, 4) is 5.75 Å². The molecule has 2 aromatic carbocycles. The Morgan fingerprint density at radius 1 is 0.964 bits per heavy atom. The van der Waals surface area contributed by atoms with E-state index in [0.29, 0.717) is 0 Å². The first-order valence-corrected chi connectivity index (χ1v) is 10.2. The highest BCUT2D eigenvalue weighted by Crippen LogP contribution is 2.59. The van der Waals surface area contributed by atoms with E-state index in [1.54, 1.807) is 0 Å². The average Bonchev–Trinajstić information content (AvgIpc) is 2.94. The lowest BCUT2D eigenvalue weighted by atomic mass is 9.64. The van der Waals surface area contributed by atoms with Crippen LogP contribution in [0.2, 0.25) is 0 Å². The first-order valence-electron chi connectivity index (χ1n) is 10.2. The van der Waals surface area contributed by atoms with E-state index in [1.807, 2.05) is 12.3 Å². The van der Waals surface area contributed by atoms with Gasteiger partial charge in [0.15, 0.2) is 5.75 Å². The molecule has 1 unspecified atom stereocenters. The molecule has 6 rings (SSSR count). The number of pyridine rings is 1. The molecular weight excluding hydrogens is 346 g/mol. The Labute approximate surface area is 164 Å². The third kappa shape index (κ3) is 1.85. The molecule has 0 saturated heterocycles. The van der Waals surface area contributed by atoms with Crippen molar-refractivity contribution in [2.75, 3.05) is 11.9 Å². The van der Waals surface area contributed by atoms with Crippen molar-refractivity contribution >= 4 is 28.5 Å². The molecule has 4 nitrogen and oxygen atoms in total. The maximum Gasteiger partial charge on any atom is 0.229 e. The van der Waals surface area contributed by atoms with E-state index >= 15 is 0 Å². The van der Waals surface area contributed by atoms with Gasteiger partial charge in [0, 0.05) is 24.3 Å². The Kier molecular flexibility index (Phi) is 3.20. The highest BCUT2D eigenvalue weighted by Gasteiger charge is 2.63. The second kappa shape index (κ2) is 5.57. The van der Waals surface area contributed by atoms with Gasteiger partial charge in [-0.25, -0.2) is 4.99 Å². The van der Waals surface area contributed by atoms with E-state index in [-0.39, 0.29) is 5.41 Å². The molecule has 2 aliphatic heterocycles. The second-order valence-electron chi connectivity index (χ2n) is 8.26. The summed E-state index contributed by atoms with van der Waals surface area (Å²) in [7, 11) is 2.15. The molecule has 0 radical (unpaired) electrons. The van der Waals surface area contributed by atoms with Crippen LogP contribution in [0.25, 0.3) is 10.9 Å².